The standard InChI is InChI=1S/C16H25ClN2O/c1-5-19(11-12-8-6-7-9-13(12)17)15(20)10-14(18)16(2,3)4/h6-9,14H,5,10-11,18H2,1-4H3. The van der Waals surface area contributed by atoms with Crippen molar-refractivity contribution in [2.24, 2.45) is 11.1 Å². The zero-order valence-corrected chi connectivity index (χ0v) is 13.6. The minimum absolute atomic E-state index is 0.0700. The van der Waals surface area contributed by atoms with E-state index in [0.717, 1.165) is 5.56 Å². The average molecular weight is 297 g/mol. The van der Waals surface area contributed by atoms with Crippen LogP contribution in [-0.4, -0.2) is 23.4 Å². The van der Waals surface area contributed by atoms with Gasteiger partial charge >= 0.3 is 0 Å². The van der Waals surface area contributed by atoms with Crippen molar-refractivity contribution in [3.63, 3.8) is 0 Å². The smallest absolute Gasteiger partial charge is 0.224 e. The Labute approximate surface area is 127 Å². The van der Waals surface area contributed by atoms with E-state index in [1.807, 2.05) is 31.2 Å². The third-order valence-electron chi connectivity index (χ3n) is 3.56. The lowest BCUT2D eigenvalue weighted by atomic mass is 9.85. The van der Waals surface area contributed by atoms with Crippen molar-refractivity contribution in [2.75, 3.05) is 6.54 Å². The molecule has 1 unspecified atom stereocenters. The summed E-state index contributed by atoms with van der Waals surface area (Å²) >= 11 is 6.15. The van der Waals surface area contributed by atoms with Gasteiger partial charge in [-0.3, -0.25) is 4.79 Å². The van der Waals surface area contributed by atoms with Gasteiger partial charge in [0, 0.05) is 30.6 Å². The van der Waals surface area contributed by atoms with Crippen molar-refractivity contribution in [2.45, 2.75) is 46.7 Å². The molecule has 4 heteroatoms. The quantitative estimate of drug-likeness (QED) is 0.904. The largest absolute Gasteiger partial charge is 0.339 e. The Balaban J connectivity index is 2.72. The maximum Gasteiger partial charge on any atom is 0.224 e. The number of benzene rings is 1. The van der Waals surface area contributed by atoms with Gasteiger partial charge in [-0.1, -0.05) is 50.6 Å². The molecule has 0 saturated heterocycles. The number of nitrogens with two attached hydrogens (primary N) is 1. The molecule has 0 aliphatic carbocycles. The van der Waals surface area contributed by atoms with Crippen molar-refractivity contribution >= 4 is 17.5 Å². The van der Waals surface area contributed by atoms with E-state index in [4.69, 9.17) is 17.3 Å². The Kier molecular flexibility index (Phi) is 6.03. The van der Waals surface area contributed by atoms with Gasteiger partial charge in [0.2, 0.25) is 5.91 Å². The van der Waals surface area contributed by atoms with Crippen LogP contribution < -0.4 is 5.73 Å². The van der Waals surface area contributed by atoms with Crippen molar-refractivity contribution in [1.82, 2.24) is 4.90 Å². The predicted octanol–water partition coefficient (Wildman–Crippen LogP) is 3.45. The molecule has 1 rings (SSSR count). The first-order valence-electron chi connectivity index (χ1n) is 7.02. The van der Waals surface area contributed by atoms with Crippen LogP contribution >= 0.6 is 11.6 Å². The van der Waals surface area contributed by atoms with Crippen molar-refractivity contribution < 1.29 is 4.79 Å². The normalized spacial score (nSPS) is 13.1. The number of carbonyl (C=O) groups is 1. The molecule has 1 aromatic carbocycles. The highest BCUT2D eigenvalue weighted by atomic mass is 35.5. The number of rotatable bonds is 5. The van der Waals surface area contributed by atoms with Crippen LogP contribution in [0.5, 0.6) is 0 Å². The molecule has 0 heterocycles. The average Bonchev–Trinajstić information content (AvgIpc) is 2.36. The number of carbonyl (C=O) groups excluding carboxylic acids is 1. The highest BCUT2D eigenvalue weighted by Gasteiger charge is 2.25. The summed E-state index contributed by atoms with van der Waals surface area (Å²) in [6.07, 6.45) is 0.363. The molecule has 0 fully saturated rings. The Hall–Kier alpha value is -1.06. The molecule has 20 heavy (non-hydrogen) atoms. The van der Waals surface area contributed by atoms with Crippen LogP contribution in [0.25, 0.3) is 0 Å². The predicted molar refractivity (Wildman–Crippen MR) is 84.6 cm³/mol. The molecule has 0 aromatic heterocycles. The zero-order chi connectivity index (χ0) is 15.3. The van der Waals surface area contributed by atoms with Crippen LogP contribution in [0.4, 0.5) is 0 Å². The first kappa shape index (κ1) is 17.0. The molecule has 1 amide bonds. The summed E-state index contributed by atoms with van der Waals surface area (Å²) in [4.78, 5) is 14.1. The highest BCUT2D eigenvalue weighted by molar-refractivity contribution is 6.31. The van der Waals surface area contributed by atoms with Crippen LogP contribution in [0.1, 0.15) is 39.7 Å². The summed E-state index contributed by atoms with van der Waals surface area (Å²) in [5, 5.41) is 0.693. The molecule has 0 aliphatic rings. The van der Waals surface area contributed by atoms with E-state index >= 15 is 0 Å². The minimum Gasteiger partial charge on any atom is -0.339 e. The molecular weight excluding hydrogens is 272 g/mol. The van der Waals surface area contributed by atoms with Gasteiger partial charge in [0.05, 0.1) is 0 Å². The third kappa shape index (κ3) is 4.80. The maximum atomic E-state index is 12.3. The summed E-state index contributed by atoms with van der Waals surface area (Å²) in [6.45, 7) is 9.31. The van der Waals surface area contributed by atoms with Crippen molar-refractivity contribution in [3.05, 3.63) is 34.9 Å². The summed E-state index contributed by atoms with van der Waals surface area (Å²) < 4.78 is 0. The fraction of sp³-hybridized carbons (Fsp3) is 0.562. The molecule has 2 N–H and O–H groups in total. The number of hydrogen-bond donors (Lipinski definition) is 1. The van der Waals surface area contributed by atoms with Gasteiger partial charge in [-0.05, 0) is 24.0 Å². The third-order valence-corrected chi connectivity index (χ3v) is 3.93. The number of amides is 1. The van der Waals surface area contributed by atoms with E-state index in [1.54, 1.807) is 4.90 Å². The molecule has 3 nitrogen and oxygen atoms in total. The summed E-state index contributed by atoms with van der Waals surface area (Å²) in [5.41, 5.74) is 6.99. The molecule has 1 atom stereocenters. The zero-order valence-electron chi connectivity index (χ0n) is 12.8. The molecular formula is C16H25ClN2O. The minimum atomic E-state index is -0.143. The van der Waals surface area contributed by atoms with E-state index < -0.39 is 0 Å². The second-order valence-corrected chi connectivity index (χ2v) is 6.58. The second-order valence-electron chi connectivity index (χ2n) is 6.18. The monoisotopic (exact) mass is 296 g/mol. The van der Waals surface area contributed by atoms with E-state index in [1.165, 1.54) is 0 Å². The topological polar surface area (TPSA) is 46.3 Å². The first-order chi connectivity index (χ1) is 9.25. The maximum absolute atomic E-state index is 12.3. The fourth-order valence-corrected chi connectivity index (χ4v) is 2.03. The van der Waals surface area contributed by atoms with Crippen LogP contribution in [0.2, 0.25) is 5.02 Å². The van der Waals surface area contributed by atoms with Gasteiger partial charge in [-0.2, -0.15) is 0 Å². The Bertz CT molecular complexity index is 454. The lowest BCUT2D eigenvalue weighted by molar-refractivity contribution is -0.132. The van der Waals surface area contributed by atoms with E-state index in [2.05, 4.69) is 20.8 Å². The fourth-order valence-electron chi connectivity index (χ4n) is 1.83. The lowest BCUT2D eigenvalue weighted by Gasteiger charge is -2.29. The van der Waals surface area contributed by atoms with Crippen LogP contribution in [-0.2, 0) is 11.3 Å². The van der Waals surface area contributed by atoms with E-state index in [-0.39, 0.29) is 17.4 Å². The number of halogens is 1. The highest BCUT2D eigenvalue weighted by Crippen LogP contribution is 2.22. The van der Waals surface area contributed by atoms with Gasteiger partial charge in [-0.15, -0.1) is 0 Å². The lowest BCUT2D eigenvalue weighted by Crippen LogP contribution is -2.41. The first-order valence-corrected chi connectivity index (χ1v) is 7.40. The van der Waals surface area contributed by atoms with Gasteiger partial charge in [0.25, 0.3) is 0 Å². The van der Waals surface area contributed by atoms with Crippen LogP contribution in [0, 0.1) is 5.41 Å². The van der Waals surface area contributed by atoms with Crippen molar-refractivity contribution in [3.8, 4) is 0 Å². The Morgan fingerprint density at radius 1 is 1.35 bits per heavy atom. The summed E-state index contributed by atoms with van der Waals surface area (Å²) in [6, 6.07) is 7.47. The second kappa shape index (κ2) is 7.09. The van der Waals surface area contributed by atoms with Gasteiger partial charge in [0.15, 0.2) is 0 Å². The summed E-state index contributed by atoms with van der Waals surface area (Å²) in [5.74, 6) is 0.0786. The SMILES string of the molecule is CCN(Cc1ccccc1Cl)C(=O)CC(N)C(C)(C)C. The van der Waals surface area contributed by atoms with E-state index in [0.29, 0.717) is 24.5 Å². The number of hydrogen-bond acceptors (Lipinski definition) is 2. The van der Waals surface area contributed by atoms with Gasteiger partial charge < -0.3 is 10.6 Å². The van der Waals surface area contributed by atoms with Crippen molar-refractivity contribution in [1.29, 1.82) is 0 Å². The Morgan fingerprint density at radius 2 is 1.95 bits per heavy atom. The summed E-state index contributed by atoms with van der Waals surface area (Å²) in [7, 11) is 0. The van der Waals surface area contributed by atoms with Gasteiger partial charge in [0.1, 0.15) is 0 Å². The van der Waals surface area contributed by atoms with Crippen LogP contribution in [0.3, 0.4) is 0 Å². The Morgan fingerprint density at radius 3 is 2.45 bits per heavy atom. The molecule has 0 aliphatic heterocycles. The number of nitrogens with zero attached hydrogens (tertiary/aromatic N) is 1. The van der Waals surface area contributed by atoms with E-state index in [9.17, 15) is 4.79 Å². The molecule has 0 saturated carbocycles. The molecule has 1 aromatic rings. The molecule has 0 bridgehead atoms. The molecule has 0 radical (unpaired) electrons. The van der Waals surface area contributed by atoms with Crippen LogP contribution in [0.15, 0.2) is 24.3 Å². The molecule has 0 spiro atoms. The van der Waals surface area contributed by atoms with Gasteiger partial charge in [-0.25, -0.2) is 0 Å². The molecule has 112 valence electrons.